The van der Waals surface area contributed by atoms with Crippen LogP contribution in [-0.4, -0.2) is 113 Å². The maximum atomic E-state index is 13.9. The fraction of sp³-hybridized carbons (Fsp3) is 0.405. The standard InChI is InChI=1S/C42H50N10O6/c1-25(2)36(50(4)42(56)57)40(54)52-19-7-9-35(52)38-44-22-33(47-38)29-16-12-27(13-17-29)26-10-14-28(15-11-26)32-21-43-37(46-32)34-8-6-18-51(34)39(53)31(48-41(55)58-5)20-30-23-49(3)24-45-30/h10-17,21-25,31,34-36H,6-9,18-20H2,1-5H3,(H,43,46)(H,44,47)(H,48,55)(H,56,57)/t31-,34?,35-,36-/m0/s1. The molecular weight excluding hydrogens is 741 g/mol. The van der Waals surface area contributed by atoms with Gasteiger partial charge in [-0.15, -0.1) is 0 Å². The summed E-state index contributed by atoms with van der Waals surface area (Å²) in [6, 6.07) is 14.2. The first-order valence-corrected chi connectivity index (χ1v) is 19.6. The molecule has 3 aromatic heterocycles. The highest BCUT2D eigenvalue weighted by Crippen LogP contribution is 2.35. The molecule has 2 fully saturated rings. The molecule has 1 unspecified atom stereocenters. The summed E-state index contributed by atoms with van der Waals surface area (Å²) in [4.78, 5) is 76.6. The molecule has 0 radical (unpaired) electrons. The Hall–Kier alpha value is -6.45. The molecule has 4 amide bonds. The molecular formula is C42H50N10O6. The van der Waals surface area contributed by atoms with Gasteiger partial charge in [-0.3, -0.25) is 14.5 Å². The van der Waals surface area contributed by atoms with Gasteiger partial charge in [-0.25, -0.2) is 24.5 Å². The average molecular weight is 791 g/mol. The van der Waals surface area contributed by atoms with Gasteiger partial charge in [0.05, 0.1) is 55.0 Å². The van der Waals surface area contributed by atoms with Crippen LogP contribution in [0.2, 0.25) is 0 Å². The van der Waals surface area contributed by atoms with Gasteiger partial charge < -0.3 is 39.5 Å². The molecule has 5 aromatic rings. The number of hydrogen-bond donors (Lipinski definition) is 4. The van der Waals surface area contributed by atoms with Gasteiger partial charge in [-0.1, -0.05) is 62.4 Å². The molecule has 304 valence electrons. The molecule has 16 heteroatoms. The first-order valence-electron chi connectivity index (χ1n) is 19.6. The number of aromatic nitrogens is 6. The first kappa shape index (κ1) is 39.8. The number of carboxylic acid groups (broad SMARTS) is 1. The summed E-state index contributed by atoms with van der Waals surface area (Å²) < 4.78 is 6.61. The number of alkyl carbamates (subject to hydrolysis) is 1. The summed E-state index contributed by atoms with van der Waals surface area (Å²) in [6.07, 6.45) is 8.59. The zero-order valence-corrected chi connectivity index (χ0v) is 33.4. The van der Waals surface area contributed by atoms with Crippen molar-refractivity contribution in [1.29, 1.82) is 0 Å². The van der Waals surface area contributed by atoms with Gasteiger partial charge in [0, 0.05) is 39.8 Å². The largest absolute Gasteiger partial charge is 0.465 e. The second kappa shape index (κ2) is 17.0. The Balaban J connectivity index is 1.00. The Bertz CT molecular complexity index is 2240. The van der Waals surface area contributed by atoms with Crippen LogP contribution < -0.4 is 5.32 Å². The number of amides is 4. The lowest BCUT2D eigenvalue weighted by molar-refractivity contribution is -0.138. The highest BCUT2D eigenvalue weighted by atomic mass is 16.5. The molecule has 2 aliphatic rings. The molecule has 0 saturated carbocycles. The molecule has 4 N–H and O–H groups in total. The van der Waals surface area contributed by atoms with Gasteiger partial charge >= 0.3 is 12.2 Å². The quantitative estimate of drug-likeness (QED) is 0.121. The SMILES string of the molecule is COC(=O)N[C@@H](Cc1cn(C)cn1)C(=O)N1CCCC1c1ncc(-c2ccc(-c3ccc(-c4cnc([C@@H]5CCCN5C(=O)[C@H](C(C)C)N(C)C(=O)O)[nH]4)cc3)cc2)[nH]1. The maximum absolute atomic E-state index is 13.9. The van der Waals surface area contributed by atoms with Crippen molar-refractivity contribution in [3.63, 3.8) is 0 Å². The number of likely N-dealkylation sites (N-methyl/N-ethyl adjacent to an activating group) is 1. The van der Waals surface area contributed by atoms with Crippen LogP contribution in [-0.2, 0) is 27.8 Å². The van der Waals surface area contributed by atoms with Crippen LogP contribution in [0, 0.1) is 5.92 Å². The van der Waals surface area contributed by atoms with E-state index < -0.39 is 24.3 Å². The molecule has 7 rings (SSSR count). The lowest BCUT2D eigenvalue weighted by atomic mass is 10.0. The van der Waals surface area contributed by atoms with Gasteiger partial charge in [0.2, 0.25) is 11.8 Å². The molecule has 2 aliphatic heterocycles. The number of nitrogens with one attached hydrogen (secondary N) is 3. The van der Waals surface area contributed by atoms with Gasteiger partial charge in [0.15, 0.2) is 0 Å². The Morgan fingerprint density at radius 3 is 1.78 bits per heavy atom. The minimum Gasteiger partial charge on any atom is -0.465 e. The molecule has 0 spiro atoms. The van der Waals surface area contributed by atoms with E-state index in [1.807, 2.05) is 51.4 Å². The normalized spacial score (nSPS) is 17.7. The summed E-state index contributed by atoms with van der Waals surface area (Å²) >= 11 is 0. The van der Waals surface area contributed by atoms with Crippen LogP contribution in [0.4, 0.5) is 9.59 Å². The highest BCUT2D eigenvalue weighted by Gasteiger charge is 2.40. The van der Waals surface area contributed by atoms with E-state index >= 15 is 0 Å². The van der Waals surface area contributed by atoms with E-state index in [-0.39, 0.29) is 36.2 Å². The number of ether oxygens (including phenoxy) is 1. The molecule has 58 heavy (non-hydrogen) atoms. The third-order valence-electron chi connectivity index (χ3n) is 11.2. The number of rotatable bonds is 12. The summed E-state index contributed by atoms with van der Waals surface area (Å²) in [5.74, 6) is 0.790. The number of nitrogens with zero attached hydrogens (tertiary/aromatic N) is 7. The van der Waals surface area contributed by atoms with Crippen molar-refractivity contribution in [3.05, 3.63) is 90.8 Å². The predicted octanol–water partition coefficient (Wildman–Crippen LogP) is 5.80. The second-order valence-corrected chi connectivity index (χ2v) is 15.4. The van der Waals surface area contributed by atoms with Crippen molar-refractivity contribution in [2.24, 2.45) is 13.0 Å². The Labute approximate surface area is 336 Å². The van der Waals surface area contributed by atoms with Crippen molar-refractivity contribution >= 4 is 24.0 Å². The lowest BCUT2D eigenvalue weighted by Gasteiger charge is -2.33. The lowest BCUT2D eigenvalue weighted by Crippen LogP contribution is -2.51. The van der Waals surface area contributed by atoms with Crippen LogP contribution in [0.25, 0.3) is 33.6 Å². The number of carbonyl (C=O) groups excluding carboxylic acids is 3. The van der Waals surface area contributed by atoms with E-state index in [1.54, 1.807) is 33.1 Å². The fourth-order valence-corrected chi connectivity index (χ4v) is 8.19. The molecule has 5 heterocycles. The van der Waals surface area contributed by atoms with Gasteiger partial charge in [0.1, 0.15) is 23.7 Å². The topological polar surface area (TPSA) is 195 Å². The number of likely N-dealkylation sites (tertiary alicyclic amines) is 2. The number of aromatic amines is 2. The Morgan fingerprint density at radius 2 is 1.33 bits per heavy atom. The minimum absolute atomic E-state index is 0.177. The van der Waals surface area contributed by atoms with Crippen molar-refractivity contribution < 1.29 is 29.0 Å². The van der Waals surface area contributed by atoms with Crippen LogP contribution in [0.5, 0.6) is 0 Å². The summed E-state index contributed by atoms with van der Waals surface area (Å²) in [7, 11) is 4.57. The van der Waals surface area contributed by atoms with Gasteiger partial charge in [-0.2, -0.15) is 0 Å². The number of aryl methyl sites for hydroxylation is 1. The average Bonchev–Trinajstić information content (AvgIpc) is 4.07. The Morgan fingerprint density at radius 1 is 0.828 bits per heavy atom. The van der Waals surface area contributed by atoms with Crippen LogP contribution >= 0.6 is 0 Å². The van der Waals surface area contributed by atoms with E-state index in [9.17, 15) is 24.3 Å². The number of imidazole rings is 3. The van der Waals surface area contributed by atoms with E-state index in [1.165, 1.54) is 14.2 Å². The van der Waals surface area contributed by atoms with E-state index in [2.05, 4.69) is 54.5 Å². The fourth-order valence-electron chi connectivity index (χ4n) is 8.19. The smallest absolute Gasteiger partial charge is 0.407 e. The first-order chi connectivity index (χ1) is 27.9. The van der Waals surface area contributed by atoms with Crippen molar-refractivity contribution in [2.75, 3.05) is 27.2 Å². The monoisotopic (exact) mass is 790 g/mol. The predicted molar refractivity (Wildman–Crippen MR) is 215 cm³/mol. The van der Waals surface area contributed by atoms with Crippen LogP contribution in [0.15, 0.2) is 73.4 Å². The van der Waals surface area contributed by atoms with E-state index in [0.29, 0.717) is 30.4 Å². The van der Waals surface area contributed by atoms with E-state index in [0.717, 1.165) is 64.2 Å². The Kier molecular flexibility index (Phi) is 11.6. The molecule has 2 aromatic carbocycles. The molecule has 16 nitrogen and oxygen atoms in total. The second-order valence-electron chi connectivity index (χ2n) is 15.4. The van der Waals surface area contributed by atoms with Crippen molar-refractivity contribution in [2.45, 2.75) is 70.1 Å². The number of hydrogen-bond acceptors (Lipinski definition) is 8. The number of methoxy groups -OCH3 is 1. The third kappa shape index (κ3) is 8.31. The molecule has 0 aliphatic carbocycles. The highest BCUT2D eigenvalue weighted by molar-refractivity contribution is 5.87. The molecule has 2 saturated heterocycles. The van der Waals surface area contributed by atoms with E-state index in [4.69, 9.17) is 4.74 Å². The molecule has 4 atom stereocenters. The van der Waals surface area contributed by atoms with Crippen molar-refractivity contribution in [3.8, 4) is 33.6 Å². The van der Waals surface area contributed by atoms with Gasteiger partial charge in [0.25, 0.3) is 0 Å². The summed E-state index contributed by atoms with van der Waals surface area (Å²) in [5, 5.41) is 12.3. The van der Waals surface area contributed by atoms with Crippen LogP contribution in [0.1, 0.15) is 69.0 Å². The minimum atomic E-state index is -1.13. The number of carbonyl (C=O) groups is 4. The summed E-state index contributed by atoms with van der Waals surface area (Å²) in [5.41, 5.74) is 6.34. The van der Waals surface area contributed by atoms with Crippen LogP contribution in [0.3, 0.4) is 0 Å². The maximum Gasteiger partial charge on any atom is 0.407 e. The van der Waals surface area contributed by atoms with Crippen molar-refractivity contribution in [1.82, 2.24) is 49.5 Å². The zero-order valence-electron chi connectivity index (χ0n) is 33.4. The van der Waals surface area contributed by atoms with Gasteiger partial charge in [-0.05, 0) is 53.9 Å². The molecule has 0 bridgehead atoms. The number of H-pyrrole nitrogens is 2. The number of benzene rings is 2. The third-order valence-corrected chi connectivity index (χ3v) is 11.2. The summed E-state index contributed by atoms with van der Waals surface area (Å²) in [6.45, 7) is 4.82. The zero-order chi connectivity index (χ0) is 41.1.